The lowest BCUT2D eigenvalue weighted by Gasteiger charge is -2.29. The standard InChI is InChI=1S/C16H22N2O2.C8H13NO/c19-16(20-11-12-4-2-1-3-5-12)17-10-13-8-14-6-7-15(9-13)18-14;1-9-6-2-3-7(9)5-8(10)4-6/h1-5,13-15,18H,6-11H2,(H,17,19);6-7H,2-5H2,1H3. The number of amides is 1. The predicted molar refractivity (Wildman–Crippen MR) is 116 cm³/mol. The Bertz CT molecular complexity index is 698. The average Bonchev–Trinajstić information content (AvgIpc) is 3.18. The van der Waals surface area contributed by atoms with Crippen molar-refractivity contribution in [3.63, 3.8) is 0 Å². The van der Waals surface area contributed by atoms with Crippen molar-refractivity contribution in [1.29, 1.82) is 0 Å². The number of fused-ring (bicyclic) bond motifs is 4. The van der Waals surface area contributed by atoms with Gasteiger partial charge in [0.15, 0.2) is 0 Å². The molecule has 1 amide bonds. The zero-order valence-corrected chi connectivity index (χ0v) is 18.0. The Labute approximate surface area is 179 Å². The topological polar surface area (TPSA) is 70.7 Å². The quantitative estimate of drug-likeness (QED) is 0.793. The van der Waals surface area contributed by atoms with Crippen LogP contribution < -0.4 is 10.6 Å². The number of hydrogen-bond acceptors (Lipinski definition) is 5. The molecule has 4 unspecified atom stereocenters. The number of rotatable bonds is 4. The van der Waals surface area contributed by atoms with Crippen molar-refractivity contribution in [3.8, 4) is 0 Å². The second-order valence-corrected chi connectivity index (χ2v) is 9.42. The van der Waals surface area contributed by atoms with Crippen LogP contribution in [0.1, 0.15) is 56.9 Å². The van der Waals surface area contributed by atoms with Gasteiger partial charge in [-0.3, -0.25) is 9.69 Å². The summed E-state index contributed by atoms with van der Waals surface area (Å²) in [6, 6.07) is 12.3. The molecule has 4 bridgehead atoms. The highest BCUT2D eigenvalue weighted by atomic mass is 16.5. The summed E-state index contributed by atoms with van der Waals surface area (Å²) in [6.45, 7) is 1.08. The zero-order chi connectivity index (χ0) is 20.9. The van der Waals surface area contributed by atoms with Crippen molar-refractivity contribution in [2.75, 3.05) is 13.6 Å². The van der Waals surface area contributed by atoms with E-state index in [1.807, 2.05) is 30.3 Å². The van der Waals surface area contributed by atoms with Crippen molar-refractivity contribution in [2.24, 2.45) is 5.92 Å². The van der Waals surface area contributed by atoms with Crippen LogP contribution in [0, 0.1) is 5.92 Å². The molecule has 4 aliphatic rings. The number of nitrogens with zero attached hydrogens (tertiary/aromatic N) is 1. The van der Waals surface area contributed by atoms with E-state index in [0.717, 1.165) is 24.9 Å². The smallest absolute Gasteiger partial charge is 0.407 e. The summed E-state index contributed by atoms with van der Waals surface area (Å²) in [5.41, 5.74) is 1.02. The third-order valence-electron chi connectivity index (χ3n) is 7.23. The Balaban J connectivity index is 0.000000181. The van der Waals surface area contributed by atoms with Crippen LogP contribution in [0.2, 0.25) is 0 Å². The third kappa shape index (κ3) is 5.61. The van der Waals surface area contributed by atoms with E-state index >= 15 is 0 Å². The number of hydrogen-bond donors (Lipinski definition) is 2. The Morgan fingerprint density at radius 2 is 1.70 bits per heavy atom. The monoisotopic (exact) mass is 413 g/mol. The van der Waals surface area contributed by atoms with Gasteiger partial charge in [-0.15, -0.1) is 0 Å². The molecule has 30 heavy (non-hydrogen) atoms. The van der Waals surface area contributed by atoms with Gasteiger partial charge in [0.25, 0.3) is 0 Å². The molecule has 4 fully saturated rings. The van der Waals surface area contributed by atoms with E-state index in [4.69, 9.17) is 4.74 Å². The van der Waals surface area contributed by atoms with E-state index in [9.17, 15) is 9.59 Å². The minimum absolute atomic E-state index is 0.306. The van der Waals surface area contributed by atoms with E-state index < -0.39 is 0 Å². The van der Waals surface area contributed by atoms with Gasteiger partial charge < -0.3 is 15.4 Å². The van der Waals surface area contributed by atoms with E-state index in [2.05, 4.69) is 22.6 Å². The van der Waals surface area contributed by atoms with E-state index in [1.165, 1.54) is 38.5 Å². The maximum absolute atomic E-state index is 11.7. The molecule has 4 saturated heterocycles. The van der Waals surface area contributed by atoms with Crippen LogP contribution >= 0.6 is 0 Å². The first-order chi connectivity index (χ1) is 14.6. The van der Waals surface area contributed by atoms with E-state index in [0.29, 0.717) is 42.5 Å². The first kappa shape index (κ1) is 21.3. The molecule has 4 atom stereocenters. The van der Waals surface area contributed by atoms with Crippen molar-refractivity contribution in [2.45, 2.75) is 82.1 Å². The molecule has 5 rings (SSSR count). The first-order valence-electron chi connectivity index (χ1n) is 11.5. The Morgan fingerprint density at radius 3 is 2.33 bits per heavy atom. The van der Waals surface area contributed by atoms with Gasteiger partial charge in [0.05, 0.1) is 0 Å². The molecular weight excluding hydrogens is 378 g/mol. The van der Waals surface area contributed by atoms with Gasteiger partial charge in [-0.1, -0.05) is 30.3 Å². The van der Waals surface area contributed by atoms with Crippen LogP contribution in [0.3, 0.4) is 0 Å². The number of benzene rings is 1. The van der Waals surface area contributed by atoms with Crippen LogP contribution in [0.5, 0.6) is 0 Å². The number of alkyl carbamates (subject to hydrolysis) is 1. The number of Topliss-reactive ketones (excluding diaryl/α,β-unsaturated/α-hetero) is 1. The third-order valence-corrected chi connectivity index (χ3v) is 7.23. The molecule has 0 saturated carbocycles. The molecule has 4 heterocycles. The summed E-state index contributed by atoms with van der Waals surface area (Å²) >= 11 is 0. The molecular formula is C24H35N3O3. The summed E-state index contributed by atoms with van der Waals surface area (Å²) in [7, 11) is 2.15. The van der Waals surface area contributed by atoms with Crippen LogP contribution in [-0.4, -0.2) is 54.5 Å². The van der Waals surface area contributed by atoms with Crippen molar-refractivity contribution >= 4 is 11.9 Å². The molecule has 0 aliphatic carbocycles. The first-order valence-corrected chi connectivity index (χ1v) is 11.5. The van der Waals surface area contributed by atoms with Gasteiger partial charge in [0.2, 0.25) is 0 Å². The van der Waals surface area contributed by atoms with Gasteiger partial charge in [0, 0.05) is 43.6 Å². The number of ketones is 1. The molecule has 6 nitrogen and oxygen atoms in total. The number of nitrogens with one attached hydrogen (secondary N) is 2. The Hall–Kier alpha value is -1.92. The molecule has 0 aromatic heterocycles. The number of carbonyl (C=O) groups excluding carboxylic acids is 2. The molecule has 6 heteroatoms. The summed E-state index contributed by atoms with van der Waals surface area (Å²) in [5.74, 6) is 1.07. The van der Waals surface area contributed by atoms with Crippen molar-refractivity contribution in [1.82, 2.24) is 15.5 Å². The second-order valence-electron chi connectivity index (χ2n) is 9.42. The average molecular weight is 414 g/mol. The second kappa shape index (κ2) is 9.92. The molecule has 0 radical (unpaired) electrons. The fourth-order valence-electron chi connectivity index (χ4n) is 5.53. The van der Waals surface area contributed by atoms with Crippen molar-refractivity contribution in [3.05, 3.63) is 35.9 Å². The Morgan fingerprint density at radius 1 is 1.07 bits per heavy atom. The van der Waals surface area contributed by atoms with Gasteiger partial charge in [-0.05, 0) is 57.1 Å². The van der Waals surface area contributed by atoms with Gasteiger partial charge in [-0.2, -0.15) is 0 Å². The van der Waals surface area contributed by atoms with Crippen LogP contribution in [0.4, 0.5) is 4.79 Å². The lowest BCUT2D eigenvalue weighted by Crippen LogP contribution is -2.42. The zero-order valence-electron chi connectivity index (χ0n) is 18.0. The van der Waals surface area contributed by atoms with Crippen LogP contribution in [0.25, 0.3) is 0 Å². The van der Waals surface area contributed by atoms with Gasteiger partial charge >= 0.3 is 6.09 Å². The molecule has 164 valence electrons. The van der Waals surface area contributed by atoms with Gasteiger partial charge in [-0.25, -0.2) is 4.79 Å². The number of piperidine rings is 2. The number of ether oxygens (including phenoxy) is 1. The van der Waals surface area contributed by atoms with Crippen molar-refractivity contribution < 1.29 is 14.3 Å². The minimum Gasteiger partial charge on any atom is -0.445 e. The fourth-order valence-corrected chi connectivity index (χ4v) is 5.53. The lowest BCUT2D eigenvalue weighted by molar-refractivity contribution is -0.123. The Kier molecular flexibility index (Phi) is 7.05. The molecule has 0 spiro atoms. The highest BCUT2D eigenvalue weighted by molar-refractivity contribution is 5.80. The highest BCUT2D eigenvalue weighted by Crippen LogP contribution is 2.32. The molecule has 4 aliphatic heterocycles. The summed E-state index contributed by atoms with van der Waals surface area (Å²) < 4.78 is 5.22. The van der Waals surface area contributed by atoms with Gasteiger partial charge in [0.1, 0.15) is 12.4 Å². The summed E-state index contributed by atoms with van der Waals surface area (Å²) in [5, 5.41) is 6.51. The summed E-state index contributed by atoms with van der Waals surface area (Å²) in [6.07, 6.45) is 8.74. The van der Waals surface area contributed by atoms with Crippen LogP contribution in [0.15, 0.2) is 30.3 Å². The molecule has 1 aromatic carbocycles. The largest absolute Gasteiger partial charge is 0.445 e. The maximum Gasteiger partial charge on any atom is 0.407 e. The highest BCUT2D eigenvalue weighted by Gasteiger charge is 2.37. The fraction of sp³-hybridized carbons (Fsp3) is 0.667. The lowest BCUT2D eigenvalue weighted by atomic mass is 9.92. The van der Waals surface area contributed by atoms with E-state index in [-0.39, 0.29) is 6.09 Å². The predicted octanol–water partition coefficient (Wildman–Crippen LogP) is 3.26. The maximum atomic E-state index is 11.7. The normalized spacial score (nSPS) is 32.3. The molecule has 2 N–H and O–H groups in total. The SMILES string of the molecule is CN1C2CCC1CC(=O)C2.O=C(NCC1CC2CCC(C1)N2)OCc1ccccc1. The minimum atomic E-state index is -0.306. The van der Waals surface area contributed by atoms with E-state index in [1.54, 1.807) is 0 Å². The van der Waals surface area contributed by atoms with Crippen LogP contribution in [-0.2, 0) is 16.1 Å². The molecule has 1 aromatic rings. The number of carbonyl (C=O) groups is 2. The summed E-state index contributed by atoms with van der Waals surface area (Å²) in [4.78, 5) is 25.1.